The molecular weight excluding hydrogens is 284 g/mol. The summed E-state index contributed by atoms with van der Waals surface area (Å²) in [4.78, 5) is 0. The maximum Gasteiger partial charge on any atom is 0.216 e. The minimum atomic E-state index is -3.26. The Morgan fingerprint density at radius 3 is 2.57 bits per heavy atom. The van der Waals surface area contributed by atoms with Crippen molar-refractivity contribution in [3.8, 4) is 0 Å². The smallest absolute Gasteiger partial charge is 0.216 e. The predicted octanol–water partition coefficient (Wildman–Crippen LogP) is 2.30. The molecule has 0 aromatic heterocycles. The molecule has 1 aromatic rings. The molecule has 5 heteroatoms. The molecule has 2 aliphatic carbocycles. The van der Waals surface area contributed by atoms with Gasteiger partial charge in [0, 0.05) is 18.1 Å². The Bertz CT molecular complexity index is 604. The van der Waals surface area contributed by atoms with Crippen molar-refractivity contribution in [3.05, 3.63) is 35.4 Å². The molecule has 21 heavy (non-hydrogen) atoms. The molecule has 0 unspecified atom stereocenters. The van der Waals surface area contributed by atoms with Gasteiger partial charge < -0.3 is 5.32 Å². The number of hydrogen-bond acceptors (Lipinski definition) is 3. The Kier molecular flexibility index (Phi) is 4.08. The number of hydrogen-bond donors (Lipinski definition) is 2. The van der Waals surface area contributed by atoms with Crippen molar-refractivity contribution in [1.82, 2.24) is 10.0 Å². The van der Waals surface area contributed by atoms with Crippen LogP contribution in [-0.2, 0) is 22.3 Å². The van der Waals surface area contributed by atoms with E-state index in [2.05, 4.69) is 10.0 Å². The van der Waals surface area contributed by atoms with E-state index in [1.54, 1.807) is 0 Å². The van der Waals surface area contributed by atoms with Crippen molar-refractivity contribution in [3.63, 3.8) is 0 Å². The van der Waals surface area contributed by atoms with Gasteiger partial charge in [-0.15, -0.1) is 0 Å². The van der Waals surface area contributed by atoms with Gasteiger partial charge in [-0.1, -0.05) is 24.3 Å². The predicted molar refractivity (Wildman–Crippen MR) is 84.3 cm³/mol. The summed E-state index contributed by atoms with van der Waals surface area (Å²) in [5, 5.41) is 3.45. The third-order valence-corrected chi connectivity index (χ3v) is 5.90. The molecule has 0 radical (unpaired) electrons. The lowest BCUT2D eigenvalue weighted by Gasteiger charge is -2.38. The molecule has 0 amide bonds. The minimum Gasteiger partial charge on any atom is -0.310 e. The van der Waals surface area contributed by atoms with Crippen LogP contribution in [0.2, 0.25) is 0 Å². The van der Waals surface area contributed by atoms with Gasteiger partial charge in [0.25, 0.3) is 0 Å². The van der Waals surface area contributed by atoms with Gasteiger partial charge in [0.15, 0.2) is 0 Å². The van der Waals surface area contributed by atoms with Gasteiger partial charge >= 0.3 is 0 Å². The Labute approximate surface area is 127 Å². The van der Waals surface area contributed by atoms with Crippen LogP contribution in [0.4, 0.5) is 0 Å². The molecule has 0 heterocycles. The van der Waals surface area contributed by atoms with Gasteiger partial charge in [-0.05, 0) is 50.2 Å². The van der Waals surface area contributed by atoms with E-state index in [0.29, 0.717) is 6.04 Å². The SMILES string of the molecule is CC1(NS(=O)(=O)Cc2cccc(CNC3CC3)c2)CCC1. The maximum absolute atomic E-state index is 12.3. The second-order valence-corrected chi connectivity index (χ2v) is 8.47. The van der Waals surface area contributed by atoms with Crippen LogP contribution in [0.25, 0.3) is 0 Å². The molecule has 2 aliphatic rings. The molecule has 2 fully saturated rings. The first-order valence-corrected chi connectivity index (χ1v) is 9.42. The summed E-state index contributed by atoms with van der Waals surface area (Å²) in [6.45, 7) is 2.81. The summed E-state index contributed by atoms with van der Waals surface area (Å²) in [6.07, 6.45) is 5.52. The zero-order valence-corrected chi connectivity index (χ0v) is 13.4. The highest BCUT2D eigenvalue weighted by molar-refractivity contribution is 7.88. The van der Waals surface area contributed by atoms with Gasteiger partial charge in [0.1, 0.15) is 0 Å². The van der Waals surface area contributed by atoms with Crippen molar-refractivity contribution in [2.24, 2.45) is 0 Å². The number of rotatable bonds is 7. The molecular formula is C16H24N2O2S. The summed E-state index contributed by atoms with van der Waals surface area (Å²) >= 11 is 0. The highest BCUT2D eigenvalue weighted by atomic mass is 32.2. The average Bonchev–Trinajstić information content (AvgIpc) is 3.18. The van der Waals surface area contributed by atoms with Crippen molar-refractivity contribution >= 4 is 10.0 Å². The fraction of sp³-hybridized carbons (Fsp3) is 0.625. The fourth-order valence-electron chi connectivity index (χ4n) is 2.82. The number of sulfonamides is 1. The molecule has 0 atom stereocenters. The topological polar surface area (TPSA) is 58.2 Å². The summed E-state index contributed by atoms with van der Waals surface area (Å²) in [7, 11) is -3.26. The molecule has 2 saturated carbocycles. The zero-order chi connectivity index (χ0) is 14.9. The average molecular weight is 308 g/mol. The van der Waals surface area contributed by atoms with E-state index in [9.17, 15) is 8.42 Å². The molecule has 0 saturated heterocycles. The first-order valence-electron chi connectivity index (χ1n) is 7.77. The molecule has 116 valence electrons. The summed E-state index contributed by atoms with van der Waals surface area (Å²) in [5.41, 5.74) is 1.80. The lowest BCUT2D eigenvalue weighted by molar-refractivity contribution is 0.248. The van der Waals surface area contributed by atoms with E-state index >= 15 is 0 Å². The Morgan fingerprint density at radius 2 is 1.95 bits per heavy atom. The van der Waals surface area contributed by atoms with Crippen LogP contribution in [0, 0.1) is 0 Å². The van der Waals surface area contributed by atoms with E-state index in [1.165, 1.54) is 12.8 Å². The second kappa shape index (κ2) is 5.71. The highest BCUT2D eigenvalue weighted by Gasteiger charge is 2.35. The Morgan fingerprint density at radius 1 is 1.24 bits per heavy atom. The monoisotopic (exact) mass is 308 g/mol. The van der Waals surface area contributed by atoms with Gasteiger partial charge in [0.2, 0.25) is 10.0 Å². The first-order chi connectivity index (χ1) is 9.94. The summed E-state index contributed by atoms with van der Waals surface area (Å²) < 4.78 is 27.4. The molecule has 0 spiro atoms. The van der Waals surface area contributed by atoms with Crippen LogP contribution in [0.3, 0.4) is 0 Å². The van der Waals surface area contributed by atoms with Crippen molar-refractivity contribution in [2.75, 3.05) is 0 Å². The van der Waals surface area contributed by atoms with Gasteiger partial charge in [-0.2, -0.15) is 0 Å². The quantitative estimate of drug-likeness (QED) is 0.812. The number of nitrogens with one attached hydrogen (secondary N) is 2. The van der Waals surface area contributed by atoms with Crippen molar-refractivity contribution in [2.45, 2.75) is 62.9 Å². The summed E-state index contributed by atoms with van der Waals surface area (Å²) in [5.74, 6) is 0.0693. The molecule has 0 aliphatic heterocycles. The largest absolute Gasteiger partial charge is 0.310 e. The summed E-state index contributed by atoms with van der Waals surface area (Å²) in [6, 6.07) is 8.55. The van der Waals surface area contributed by atoms with Gasteiger partial charge in [0.05, 0.1) is 5.75 Å². The van der Waals surface area contributed by atoms with Gasteiger partial charge in [-0.25, -0.2) is 13.1 Å². The molecule has 4 nitrogen and oxygen atoms in total. The van der Waals surface area contributed by atoms with Crippen LogP contribution < -0.4 is 10.0 Å². The first kappa shape index (κ1) is 15.0. The third kappa shape index (κ3) is 4.28. The van der Waals surface area contributed by atoms with Crippen LogP contribution >= 0.6 is 0 Å². The minimum absolute atomic E-state index is 0.0693. The molecule has 2 N–H and O–H groups in total. The lowest BCUT2D eigenvalue weighted by Crippen LogP contribution is -2.51. The van der Waals surface area contributed by atoms with E-state index in [0.717, 1.165) is 36.9 Å². The highest BCUT2D eigenvalue weighted by Crippen LogP contribution is 2.32. The standard InChI is InChI=1S/C16H24N2O2S/c1-16(8-3-9-16)18-21(19,20)12-14-5-2-4-13(10-14)11-17-15-6-7-15/h2,4-5,10,15,17-18H,3,6-9,11-12H2,1H3. The van der Waals surface area contributed by atoms with Crippen molar-refractivity contribution in [1.29, 1.82) is 0 Å². The molecule has 0 bridgehead atoms. The zero-order valence-electron chi connectivity index (χ0n) is 12.6. The van der Waals surface area contributed by atoms with Crippen LogP contribution in [-0.4, -0.2) is 20.0 Å². The van der Waals surface area contributed by atoms with Crippen molar-refractivity contribution < 1.29 is 8.42 Å². The van der Waals surface area contributed by atoms with Crippen LogP contribution in [0.5, 0.6) is 0 Å². The third-order valence-electron chi connectivity index (χ3n) is 4.38. The van der Waals surface area contributed by atoms with E-state index in [-0.39, 0.29) is 11.3 Å². The number of benzene rings is 1. The molecule has 3 rings (SSSR count). The van der Waals surface area contributed by atoms with E-state index < -0.39 is 10.0 Å². The second-order valence-electron chi connectivity index (χ2n) is 6.75. The van der Waals surface area contributed by atoms with Crippen LogP contribution in [0.1, 0.15) is 50.2 Å². The Balaban J connectivity index is 1.61. The fourth-order valence-corrected chi connectivity index (χ4v) is 4.46. The maximum atomic E-state index is 12.3. The van der Waals surface area contributed by atoms with Gasteiger partial charge in [-0.3, -0.25) is 0 Å². The van der Waals surface area contributed by atoms with Crippen LogP contribution in [0.15, 0.2) is 24.3 Å². The lowest BCUT2D eigenvalue weighted by atomic mass is 9.80. The van der Waals surface area contributed by atoms with E-state index in [4.69, 9.17) is 0 Å². The van der Waals surface area contributed by atoms with E-state index in [1.807, 2.05) is 31.2 Å². The molecule has 1 aromatic carbocycles. The normalized spacial score (nSPS) is 21.0. The Hall–Kier alpha value is -0.910.